The van der Waals surface area contributed by atoms with Crippen LogP contribution in [0.1, 0.15) is 16.9 Å². The van der Waals surface area contributed by atoms with E-state index in [4.69, 9.17) is 5.11 Å². The zero-order chi connectivity index (χ0) is 14.5. The lowest BCUT2D eigenvalue weighted by Gasteiger charge is -2.09. The molecular formula is C10H12N2O6S. The molecule has 1 aromatic rings. The third-order valence-corrected chi connectivity index (χ3v) is 3.35. The molecule has 0 aromatic carbocycles. The monoisotopic (exact) mass is 288 g/mol. The van der Waals surface area contributed by atoms with Gasteiger partial charge in [0, 0.05) is 6.20 Å². The van der Waals surface area contributed by atoms with Gasteiger partial charge >= 0.3 is 11.9 Å². The highest BCUT2D eigenvalue weighted by Crippen LogP contribution is 2.14. The van der Waals surface area contributed by atoms with Crippen LogP contribution in [0.5, 0.6) is 0 Å². The van der Waals surface area contributed by atoms with Crippen molar-refractivity contribution in [3.8, 4) is 0 Å². The minimum atomic E-state index is -3.85. The van der Waals surface area contributed by atoms with Gasteiger partial charge in [0.2, 0.25) is 10.0 Å². The van der Waals surface area contributed by atoms with Crippen LogP contribution in [0.25, 0.3) is 0 Å². The number of aromatic nitrogens is 1. The summed E-state index contributed by atoms with van der Waals surface area (Å²) in [6.07, 6.45) is 0.907. The average molecular weight is 288 g/mol. The molecule has 0 saturated heterocycles. The standard InChI is InChI=1S/C10H12N2O6S/c1-18-8(13)4-6-19(16,17)12-7-3-2-5-11-9(7)10(14)15/h2-3,5,12H,4,6H2,1H3,(H,14,15). The number of esters is 1. The number of carboxylic acids is 1. The first-order valence-corrected chi connectivity index (χ1v) is 6.76. The molecule has 1 aromatic heterocycles. The van der Waals surface area contributed by atoms with Crippen LogP contribution >= 0.6 is 0 Å². The van der Waals surface area contributed by atoms with Gasteiger partial charge in [0.15, 0.2) is 5.69 Å². The molecule has 0 unspecified atom stereocenters. The largest absolute Gasteiger partial charge is 0.476 e. The normalized spacial score (nSPS) is 10.8. The van der Waals surface area contributed by atoms with Crippen LogP contribution in [-0.4, -0.2) is 43.3 Å². The summed E-state index contributed by atoms with van der Waals surface area (Å²) in [5.41, 5.74) is -0.566. The number of nitrogens with one attached hydrogen (secondary N) is 1. The highest BCUT2D eigenvalue weighted by molar-refractivity contribution is 7.92. The maximum atomic E-state index is 11.7. The summed E-state index contributed by atoms with van der Waals surface area (Å²) in [6.45, 7) is 0. The minimum absolute atomic E-state index is 0.153. The van der Waals surface area contributed by atoms with Crippen LogP contribution in [0.3, 0.4) is 0 Å². The summed E-state index contributed by atoms with van der Waals surface area (Å²) in [6, 6.07) is 2.66. The third kappa shape index (κ3) is 4.54. The molecule has 0 amide bonds. The first-order valence-electron chi connectivity index (χ1n) is 5.11. The van der Waals surface area contributed by atoms with E-state index in [1.165, 1.54) is 18.3 Å². The number of methoxy groups -OCH3 is 1. The van der Waals surface area contributed by atoms with Gasteiger partial charge in [0.05, 0.1) is 25.0 Å². The van der Waals surface area contributed by atoms with Crippen molar-refractivity contribution in [2.75, 3.05) is 17.6 Å². The van der Waals surface area contributed by atoms with Crippen LogP contribution in [0, 0.1) is 0 Å². The van der Waals surface area contributed by atoms with Crippen molar-refractivity contribution in [2.45, 2.75) is 6.42 Å². The second-order valence-corrected chi connectivity index (χ2v) is 5.29. The van der Waals surface area contributed by atoms with Gasteiger partial charge in [-0.1, -0.05) is 0 Å². The van der Waals surface area contributed by atoms with E-state index < -0.39 is 33.4 Å². The third-order valence-electron chi connectivity index (χ3n) is 2.08. The predicted octanol–water partition coefficient (Wildman–Crippen LogP) is 0.0846. The molecule has 104 valence electrons. The number of rotatable bonds is 6. The fourth-order valence-electron chi connectivity index (χ4n) is 1.20. The molecule has 9 heteroatoms. The van der Waals surface area contributed by atoms with Gasteiger partial charge in [-0.25, -0.2) is 18.2 Å². The van der Waals surface area contributed by atoms with E-state index >= 15 is 0 Å². The average Bonchev–Trinajstić information content (AvgIpc) is 2.36. The molecule has 19 heavy (non-hydrogen) atoms. The Kier molecular flexibility index (Phi) is 4.81. The zero-order valence-electron chi connectivity index (χ0n) is 9.99. The molecule has 2 N–H and O–H groups in total. The highest BCUT2D eigenvalue weighted by atomic mass is 32.2. The lowest BCUT2D eigenvalue weighted by Crippen LogP contribution is -2.21. The summed E-state index contributed by atoms with van der Waals surface area (Å²) in [5, 5.41) is 8.85. The lowest BCUT2D eigenvalue weighted by molar-refractivity contribution is -0.140. The molecule has 1 rings (SSSR count). The van der Waals surface area contributed by atoms with Gasteiger partial charge in [-0.05, 0) is 12.1 Å². The SMILES string of the molecule is COC(=O)CCS(=O)(=O)Nc1cccnc1C(=O)O. The topological polar surface area (TPSA) is 123 Å². The molecule has 0 aliphatic heterocycles. The quantitative estimate of drug-likeness (QED) is 0.711. The van der Waals surface area contributed by atoms with Gasteiger partial charge in [-0.3, -0.25) is 9.52 Å². The number of anilines is 1. The smallest absolute Gasteiger partial charge is 0.356 e. The first kappa shape index (κ1) is 14.9. The van der Waals surface area contributed by atoms with E-state index in [2.05, 4.69) is 14.4 Å². The van der Waals surface area contributed by atoms with Gasteiger partial charge in [-0.15, -0.1) is 0 Å². The molecule has 1 heterocycles. The molecule has 0 spiro atoms. The number of carboxylic acid groups (broad SMARTS) is 1. The number of carbonyl (C=O) groups excluding carboxylic acids is 1. The number of carbonyl (C=O) groups is 2. The van der Waals surface area contributed by atoms with E-state index in [1.54, 1.807) is 0 Å². The maximum absolute atomic E-state index is 11.7. The van der Waals surface area contributed by atoms with E-state index in [0.717, 1.165) is 7.11 Å². The van der Waals surface area contributed by atoms with E-state index in [9.17, 15) is 18.0 Å². The van der Waals surface area contributed by atoms with Crippen molar-refractivity contribution in [1.82, 2.24) is 4.98 Å². The number of pyridine rings is 1. The number of hydrogen-bond donors (Lipinski definition) is 2. The Balaban J connectivity index is 2.84. The molecule has 0 atom stereocenters. The number of hydrogen-bond acceptors (Lipinski definition) is 6. The van der Waals surface area contributed by atoms with Gasteiger partial charge in [-0.2, -0.15) is 0 Å². The Morgan fingerprint density at radius 3 is 2.74 bits per heavy atom. The molecule has 0 aliphatic rings. The van der Waals surface area contributed by atoms with Crippen LogP contribution in [-0.2, 0) is 19.6 Å². The fraction of sp³-hybridized carbons (Fsp3) is 0.300. The van der Waals surface area contributed by atoms with Crippen LogP contribution in [0.15, 0.2) is 18.3 Å². The van der Waals surface area contributed by atoms with Crippen molar-refractivity contribution < 1.29 is 27.9 Å². The Morgan fingerprint density at radius 1 is 1.47 bits per heavy atom. The zero-order valence-corrected chi connectivity index (χ0v) is 10.8. The van der Waals surface area contributed by atoms with Crippen molar-refractivity contribution in [2.24, 2.45) is 0 Å². The maximum Gasteiger partial charge on any atom is 0.356 e. The van der Waals surface area contributed by atoms with Gasteiger partial charge in [0.1, 0.15) is 0 Å². The summed E-state index contributed by atoms with van der Waals surface area (Å²) >= 11 is 0. The van der Waals surface area contributed by atoms with E-state index in [0.29, 0.717) is 0 Å². The fourth-order valence-corrected chi connectivity index (χ4v) is 2.23. The van der Waals surface area contributed by atoms with Crippen LogP contribution in [0.4, 0.5) is 5.69 Å². The second kappa shape index (κ2) is 6.14. The molecule has 0 saturated carbocycles. The van der Waals surface area contributed by atoms with Crippen molar-refractivity contribution in [3.63, 3.8) is 0 Å². The number of nitrogens with zero attached hydrogens (tertiary/aromatic N) is 1. The van der Waals surface area contributed by atoms with Crippen LogP contribution in [0.2, 0.25) is 0 Å². The summed E-state index contributed by atoms with van der Waals surface area (Å²) < 4.78 is 29.7. The molecular weight excluding hydrogens is 276 g/mol. The molecule has 0 fully saturated rings. The Morgan fingerprint density at radius 2 is 2.16 bits per heavy atom. The minimum Gasteiger partial charge on any atom is -0.476 e. The molecule has 8 nitrogen and oxygen atoms in total. The Hall–Kier alpha value is -2.16. The first-order chi connectivity index (χ1) is 8.85. The molecule has 0 radical (unpaired) electrons. The van der Waals surface area contributed by atoms with E-state index in [1.807, 2.05) is 0 Å². The molecule has 0 bridgehead atoms. The van der Waals surface area contributed by atoms with Crippen molar-refractivity contribution >= 4 is 27.6 Å². The van der Waals surface area contributed by atoms with Crippen LogP contribution < -0.4 is 4.72 Å². The summed E-state index contributed by atoms with van der Waals surface area (Å²) in [7, 11) is -2.71. The number of ether oxygens (including phenoxy) is 1. The molecule has 0 aliphatic carbocycles. The Bertz CT molecular complexity index is 583. The second-order valence-electron chi connectivity index (χ2n) is 3.45. The van der Waals surface area contributed by atoms with Gasteiger partial charge < -0.3 is 9.84 Å². The van der Waals surface area contributed by atoms with E-state index in [-0.39, 0.29) is 12.1 Å². The van der Waals surface area contributed by atoms with Crippen molar-refractivity contribution in [1.29, 1.82) is 0 Å². The summed E-state index contributed by atoms with van der Waals surface area (Å²) in [4.78, 5) is 25.3. The number of aromatic carboxylic acids is 1. The highest BCUT2D eigenvalue weighted by Gasteiger charge is 2.18. The predicted molar refractivity (Wildman–Crippen MR) is 65.2 cm³/mol. The van der Waals surface area contributed by atoms with Gasteiger partial charge in [0.25, 0.3) is 0 Å². The lowest BCUT2D eigenvalue weighted by atomic mass is 10.3. The summed E-state index contributed by atoms with van der Waals surface area (Å²) in [5.74, 6) is -2.53. The number of sulfonamides is 1. The van der Waals surface area contributed by atoms with Crippen molar-refractivity contribution in [3.05, 3.63) is 24.0 Å². The Labute approximate surface area is 109 Å².